The fourth-order valence-corrected chi connectivity index (χ4v) is 5.48. The second-order valence-electron chi connectivity index (χ2n) is 6.81. The van der Waals surface area contributed by atoms with E-state index in [1.54, 1.807) is 4.57 Å². The first kappa shape index (κ1) is 17.7. The van der Waals surface area contributed by atoms with Gasteiger partial charge in [-0.25, -0.2) is 15.0 Å². The minimum atomic E-state index is -1.08. The maximum atomic E-state index is 10.5. The molecule has 26 heavy (non-hydrogen) atoms. The highest BCUT2D eigenvalue weighted by atomic mass is 32.2. The van der Waals surface area contributed by atoms with Gasteiger partial charge in [0.2, 0.25) is 0 Å². The maximum Gasteiger partial charge on any atom is 0.167 e. The van der Waals surface area contributed by atoms with Crippen molar-refractivity contribution in [3.8, 4) is 0 Å². The molecule has 1 fully saturated rings. The first-order chi connectivity index (χ1) is 12.5. The number of imidazole rings is 1. The molecule has 2 aliphatic rings. The summed E-state index contributed by atoms with van der Waals surface area (Å²) < 4.78 is 7.61. The summed E-state index contributed by atoms with van der Waals surface area (Å²) in [6.45, 7) is 0. The highest BCUT2D eigenvalue weighted by molar-refractivity contribution is 7.97. The third kappa shape index (κ3) is 2.97. The Morgan fingerprint density at radius 2 is 2.08 bits per heavy atom. The van der Waals surface area contributed by atoms with Crippen molar-refractivity contribution in [3.63, 3.8) is 0 Å². The van der Waals surface area contributed by atoms with Crippen molar-refractivity contribution in [2.24, 2.45) is 5.73 Å². The van der Waals surface area contributed by atoms with E-state index in [2.05, 4.69) is 27.3 Å². The Morgan fingerprint density at radius 3 is 2.81 bits per heavy atom. The van der Waals surface area contributed by atoms with Crippen molar-refractivity contribution in [3.05, 3.63) is 24.8 Å². The average Bonchev–Trinajstić information content (AvgIpc) is 3.30. The highest BCUT2D eigenvalue weighted by Crippen LogP contribution is 2.33. The smallest absolute Gasteiger partial charge is 0.167 e. The topological polar surface area (TPSA) is 145 Å². The predicted octanol–water partition coefficient (Wildman–Crippen LogP) is -1.07. The lowest BCUT2D eigenvalue weighted by atomic mass is 10.1. The van der Waals surface area contributed by atoms with E-state index in [1.807, 2.05) is 6.08 Å². The van der Waals surface area contributed by atoms with Crippen LogP contribution in [-0.2, 0) is 15.6 Å². The van der Waals surface area contributed by atoms with Crippen molar-refractivity contribution in [2.75, 3.05) is 17.7 Å². The largest absolute Gasteiger partial charge is 0.387 e. The van der Waals surface area contributed by atoms with Crippen LogP contribution < -0.4 is 11.5 Å². The number of nitrogens with two attached hydrogens (primary N) is 2. The Bertz CT molecular complexity index is 829. The number of anilines is 1. The molecule has 7 atom stereocenters. The first-order valence-corrected chi connectivity index (χ1v) is 10.3. The summed E-state index contributed by atoms with van der Waals surface area (Å²) in [6.07, 6.45) is 6.77. The molecule has 4 rings (SSSR count). The van der Waals surface area contributed by atoms with Crippen molar-refractivity contribution in [2.45, 2.75) is 42.3 Å². The van der Waals surface area contributed by atoms with Crippen LogP contribution in [-0.4, -0.2) is 71.3 Å². The number of aromatic nitrogens is 4. The molecule has 0 radical (unpaired) electrons. The van der Waals surface area contributed by atoms with Crippen LogP contribution in [0.1, 0.15) is 12.6 Å². The van der Waals surface area contributed by atoms with Crippen LogP contribution in [0.5, 0.6) is 0 Å². The standard InChI is InChI=1S/C16H23N6O3S/c1-26(9-3-2-8(17)4-9)5-10-12(23)13(24)16(25-10)22-7-21-11-14(18)19-6-20-15(11)22/h2-3,6-10,12-13,16,23-24H,4-5,17H2,1H3,(H2,18,19,20)/q+1/t8?,9?,10-,12-,13-,16-,26?/m1/s1. The molecule has 9 nitrogen and oxygen atoms in total. The Morgan fingerprint density at radius 1 is 1.27 bits per heavy atom. The summed E-state index contributed by atoms with van der Waals surface area (Å²) in [5.74, 6) is 0.915. The summed E-state index contributed by atoms with van der Waals surface area (Å²) in [4.78, 5) is 12.3. The molecule has 1 aliphatic heterocycles. The summed E-state index contributed by atoms with van der Waals surface area (Å²) >= 11 is 0. The van der Waals surface area contributed by atoms with E-state index in [0.29, 0.717) is 22.2 Å². The van der Waals surface area contributed by atoms with Crippen LogP contribution >= 0.6 is 0 Å². The zero-order valence-corrected chi connectivity index (χ0v) is 15.2. The van der Waals surface area contributed by atoms with Crippen LogP contribution in [0.2, 0.25) is 0 Å². The van der Waals surface area contributed by atoms with Crippen molar-refractivity contribution in [1.82, 2.24) is 19.5 Å². The van der Waals surface area contributed by atoms with E-state index in [1.165, 1.54) is 12.7 Å². The molecular weight excluding hydrogens is 356 g/mol. The van der Waals surface area contributed by atoms with Gasteiger partial charge in [-0.2, -0.15) is 0 Å². The third-order valence-electron chi connectivity index (χ3n) is 5.02. The molecular formula is C16H23N6O3S+. The van der Waals surface area contributed by atoms with Gasteiger partial charge in [-0.1, -0.05) is 6.08 Å². The lowest BCUT2D eigenvalue weighted by Gasteiger charge is -2.17. The van der Waals surface area contributed by atoms with Crippen LogP contribution in [0.3, 0.4) is 0 Å². The van der Waals surface area contributed by atoms with E-state index in [4.69, 9.17) is 16.2 Å². The summed E-state index contributed by atoms with van der Waals surface area (Å²) in [5.41, 5.74) is 12.7. The Labute approximate surface area is 153 Å². The zero-order chi connectivity index (χ0) is 18.4. The van der Waals surface area contributed by atoms with Gasteiger partial charge in [0.25, 0.3) is 0 Å². The number of ether oxygens (including phenoxy) is 1. The quantitative estimate of drug-likeness (QED) is 0.388. The molecule has 3 unspecified atom stereocenters. The third-order valence-corrected chi connectivity index (χ3v) is 7.26. The summed E-state index contributed by atoms with van der Waals surface area (Å²) in [7, 11) is -0.0175. The van der Waals surface area contributed by atoms with Gasteiger partial charge in [0, 0.05) is 12.5 Å². The molecule has 2 aromatic rings. The molecule has 140 valence electrons. The molecule has 10 heteroatoms. The molecule has 1 saturated heterocycles. The van der Waals surface area contributed by atoms with Crippen LogP contribution in [0.4, 0.5) is 5.82 Å². The summed E-state index contributed by atoms with van der Waals surface area (Å²) in [5, 5.41) is 21.4. The second-order valence-corrected chi connectivity index (χ2v) is 9.13. The van der Waals surface area contributed by atoms with Crippen molar-refractivity contribution >= 4 is 27.9 Å². The number of hydrogen-bond donors (Lipinski definition) is 4. The molecule has 0 spiro atoms. The first-order valence-electron chi connectivity index (χ1n) is 8.45. The molecule has 2 aromatic heterocycles. The highest BCUT2D eigenvalue weighted by Gasteiger charge is 2.47. The van der Waals surface area contributed by atoms with E-state index in [9.17, 15) is 10.2 Å². The second kappa shape index (κ2) is 6.78. The molecule has 0 amide bonds. The zero-order valence-electron chi connectivity index (χ0n) is 14.3. The number of nitrogens with zero attached hydrogens (tertiary/aromatic N) is 4. The number of rotatable bonds is 4. The van der Waals surface area contributed by atoms with Gasteiger partial charge < -0.3 is 26.4 Å². The van der Waals surface area contributed by atoms with Crippen LogP contribution in [0.15, 0.2) is 24.8 Å². The van der Waals surface area contributed by atoms with Gasteiger partial charge in [0.1, 0.15) is 41.2 Å². The number of aliphatic hydroxyl groups is 2. The van der Waals surface area contributed by atoms with E-state index in [0.717, 1.165) is 6.42 Å². The molecule has 1 aliphatic carbocycles. The van der Waals surface area contributed by atoms with E-state index < -0.39 is 24.5 Å². The fraction of sp³-hybridized carbons (Fsp3) is 0.562. The van der Waals surface area contributed by atoms with Crippen LogP contribution in [0.25, 0.3) is 11.2 Å². The Balaban J connectivity index is 1.52. The van der Waals surface area contributed by atoms with Gasteiger partial charge in [-0.3, -0.25) is 4.57 Å². The van der Waals surface area contributed by atoms with Crippen LogP contribution in [0, 0.1) is 0 Å². The molecule has 0 bridgehead atoms. The van der Waals surface area contributed by atoms with Crippen molar-refractivity contribution < 1.29 is 14.9 Å². The molecule has 6 N–H and O–H groups in total. The number of fused-ring (bicyclic) bond motifs is 1. The number of nitrogen functional groups attached to an aromatic ring is 1. The lowest BCUT2D eigenvalue weighted by molar-refractivity contribution is -0.0290. The minimum Gasteiger partial charge on any atom is -0.387 e. The van der Waals surface area contributed by atoms with Gasteiger partial charge in [-0.15, -0.1) is 0 Å². The molecule has 3 heterocycles. The monoisotopic (exact) mass is 379 g/mol. The SMILES string of the molecule is C[S+](C[C@H]1O[C@@H](n2cnc3c(N)ncnc32)[C@H](O)[C@@H]1O)C1C=CC(N)C1. The predicted molar refractivity (Wildman–Crippen MR) is 99.3 cm³/mol. The van der Waals surface area contributed by atoms with E-state index in [-0.39, 0.29) is 22.8 Å². The number of aliphatic hydroxyl groups excluding tert-OH is 2. The van der Waals surface area contributed by atoms with Gasteiger partial charge in [0.15, 0.2) is 17.7 Å². The van der Waals surface area contributed by atoms with Crippen molar-refractivity contribution in [1.29, 1.82) is 0 Å². The van der Waals surface area contributed by atoms with E-state index >= 15 is 0 Å². The lowest BCUT2D eigenvalue weighted by Crippen LogP contribution is -2.37. The maximum absolute atomic E-state index is 10.5. The van der Waals surface area contributed by atoms with Gasteiger partial charge >= 0.3 is 0 Å². The Kier molecular flexibility index (Phi) is 4.61. The average molecular weight is 379 g/mol. The number of hydrogen-bond acceptors (Lipinski definition) is 8. The summed E-state index contributed by atoms with van der Waals surface area (Å²) in [6, 6.07) is 0.102. The fourth-order valence-electron chi connectivity index (χ4n) is 3.53. The van der Waals surface area contributed by atoms with Gasteiger partial charge in [-0.05, 0) is 17.0 Å². The van der Waals surface area contributed by atoms with Gasteiger partial charge in [0.05, 0.1) is 12.6 Å². The molecule has 0 saturated carbocycles. The minimum absolute atomic E-state index is 0.0175. The normalized spacial score (nSPS) is 35.4. The Hall–Kier alpha value is -1.72. The molecule has 0 aromatic carbocycles.